The molecule has 44 heavy (non-hydrogen) atoms. The van der Waals surface area contributed by atoms with E-state index in [1.54, 1.807) is 5.32 Å². The summed E-state index contributed by atoms with van der Waals surface area (Å²) in [6.45, 7) is 0. The molecule has 2 aromatic rings. The number of hydrogen-bond donors (Lipinski definition) is 1. The van der Waals surface area contributed by atoms with Gasteiger partial charge in [-0.15, -0.1) is 0 Å². The molecule has 0 fully saturated rings. The highest BCUT2D eigenvalue weighted by Gasteiger charge is 2.74. The van der Waals surface area contributed by atoms with Crippen LogP contribution in [0.4, 0.5) is 72.8 Å². The number of sulfone groups is 1. The van der Waals surface area contributed by atoms with Gasteiger partial charge in [0.05, 0.1) is 4.92 Å². The zero-order chi connectivity index (χ0) is 34.3. The van der Waals surface area contributed by atoms with E-state index in [0.717, 1.165) is 12.1 Å². The average molecular weight is 720 g/mol. The van der Waals surface area contributed by atoms with Gasteiger partial charge in [0.25, 0.3) is 5.69 Å². The number of nitro benzene ring substituents is 1. The maximum absolute atomic E-state index is 13.7. The molecular weight excluding hydrogens is 710 g/mol. The maximum Gasteiger partial charge on any atom is 0.460 e. The minimum atomic E-state index is -6.75. The second-order valence-electron chi connectivity index (χ2n) is 8.10. The molecule has 1 amide bonds. The first-order valence-corrected chi connectivity index (χ1v) is 13.8. The fourth-order valence-corrected chi connectivity index (χ4v) is 5.82. The van der Waals surface area contributed by atoms with Crippen molar-refractivity contribution in [2.24, 2.45) is 0 Å². The van der Waals surface area contributed by atoms with Crippen LogP contribution in [0.2, 0.25) is 0 Å². The first-order chi connectivity index (χ1) is 19.6. The molecule has 24 heteroatoms. The van der Waals surface area contributed by atoms with Gasteiger partial charge >= 0.3 is 34.7 Å². The number of amides is 1. The molecule has 0 saturated carbocycles. The molecule has 0 aliphatic carbocycles. The summed E-state index contributed by atoms with van der Waals surface area (Å²) in [7, 11) is -5.17. The molecule has 0 radical (unpaired) electrons. The van der Waals surface area contributed by atoms with Crippen LogP contribution in [-0.4, -0.2) is 59.7 Å². The number of nitrogens with one attached hydrogen (secondary N) is 1. The van der Waals surface area contributed by atoms with Crippen molar-refractivity contribution in [2.45, 2.75) is 49.4 Å². The summed E-state index contributed by atoms with van der Waals surface area (Å²) in [6, 6.07) is 2.90. The van der Waals surface area contributed by atoms with Crippen molar-refractivity contribution in [3.05, 3.63) is 52.6 Å². The van der Waals surface area contributed by atoms with Crippen LogP contribution in [0.25, 0.3) is 0 Å². The van der Waals surface area contributed by atoms with E-state index in [-0.39, 0.29) is 18.2 Å². The number of carbonyl (C=O) groups excluding carboxylic acids is 1. The number of nitro groups is 1. The first-order valence-electron chi connectivity index (χ1n) is 10.5. The SMILES string of the molecule is O=C(CS(=O)(=O)c1ccc(SC(F)(F)C(F)(F)C(F)(F)F)cc1[N+](=O)[O-])Nc1cccc(SC(F)(F)C(F)(F)C(F)(F)F)c1. The van der Waals surface area contributed by atoms with Crippen LogP contribution in [0.5, 0.6) is 0 Å². The molecule has 2 rings (SSSR count). The van der Waals surface area contributed by atoms with Gasteiger partial charge in [0.1, 0.15) is 10.6 Å². The lowest BCUT2D eigenvalue weighted by Gasteiger charge is -2.27. The number of nitrogens with zero attached hydrogens (tertiary/aromatic N) is 1. The zero-order valence-electron chi connectivity index (χ0n) is 20.3. The van der Waals surface area contributed by atoms with Crippen molar-refractivity contribution >= 4 is 50.6 Å². The molecule has 0 aliphatic rings. The number of carbonyl (C=O) groups is 1. The van der Waals surface area contributed by atoms with Crippen molar-refractivity contribution in [2.75, 3.05) is 11.1 Å². The third kappa shape index (κ3) is 7.79. The average Bonchev–Trinajstić information content (AvgIpc) is 2.81. The summed E-state index contributed by atoms with van der Waals surface area (Å²) in [5.74, 6) is -16.5. The third-order valence-corrected chi connectivity index (χ3v) is 8.50. The van der Waals surface area contributed by atoms with Gasteiger partial charge in [-0.3, -0.25) is 14.9 Å². The van der Waals surface area contributed by atoms with Crippen molar-refractivity contribution in [1.29, 1.82) is 0 Å². The lowest BCUT2D eigenvalue weighted by molar-refractivity contribution is -0.388. The van der Waals surface area contributed by atoms with Gasteiger partial charge in [0, 0.05) is 21.5 Å². The number of anilines is 1. The van der Waals surface area contributed by atoms with E-state index in [1.165, 1.54) is 0 Å². The molecule has 0 aromatic heterocycles. The lowest BCUT2D eigenvalue weighted by Crippen LogP contribution is -2.49. The van der Waals surface area contributed by atoms with E-state index >= 15 is 0 Å². The third-order valence-electron chi connectivity index (χ3n) is 4.84. The standard InChI is InChI=1S/C20H10F14N2O5S3/c21-15(22,17(25,26)27)19(31,32)42-10-3-1-2-9(6-10)35-14(37)8-44(40,41)13-5-4-11(7-12(13)36(38)39)43-20(33,34)16(23,24)18(28,29)30/h1-7H,8H2,(H,35,37). The predicted octanol–water partition coefficient (Wildman–Crippen LogP) is 7.77. The van der Waals surface area contributed by atoms with Gasteiger partial charge in [-0.25, -0.2) is 8.42 Å². The molecule has 0 unspecified atom stereocenters. The van der Waals surface area contributed by atoms with Crippen LogP contribution in [0, 0.1) is 10.1 Å². The fraction of sp³-hybridized carbons (Fsp3) is 0.350. The number of alkyl halides is 14. The van der Waals surface area contributed by atoms with Crippen LogP contribution >= 0.6 is 23.5 Å². The highest BCUT2D eigenvalue weighted by atomic mass is 32.2. The molecule has 0 aliphatic heterocycles. The Balaban J connectivity index is 2.29. The second-order valence-corrected chi connectivity index (χ2v) is 12.4. The van der Waals surface area contributed by atoms with E-state index < -0.39 is 111 Å². The van der Waals surface area contributed by atoms with Crippen LogP contribution in [0.3, 0.4) is 0 Å². The smallest absolute Gasteiger partial charge is 0.325 e. The highest BCUT2D eigenvalue weighted by molar-refractivity contribution is 8.00. The first kappa shape index (κ1) is 37.2. The summed E-state index contributed by atoms with van der Waals surface area (Å²) < 4.78 is 207. The Kier molecular flexibility index (Phi) is 10.2. The van der Waals surface area contributed by atoms with Gasteiger partial charge in [-0.05, 0) is 53.9 Å². The number of hydrogen-bond acceptors (Lipinski definition) is 7. The predicted molar refractivity (Wildman–Crippen MR) is 124 cm³/mol. The van der Waals surface area contributed by atoms with E-state index in [1.807, 2.05) is 0 Å². The quantitative estimate of drug-likeness (QED) is 0.109. The van der Waals surface area contributed by atoms with Crippen molar-refractivity contribution in [3.63, 3.8) is 0 Å². The van der Waals surface area contributed by atoms with Crippen molar-refractivity contribution in [3.8, 4) is 0 Å². The minimum absolute atomic E-state index is 0.0899. The molecule has 0 saturated heterocycles. The number of halogens is 14. The van der Waals surface area contributed by atoms with Crippen LogP contribution in [0.1, 0.15) is 0 Å². The van der Waals surface area contributed by atoms with Gasteiger partial charge in [0.15, 0.2) is 9.84 Å². The zero-order valence-corrected chi connectivity index (χ0v) is 22.7. The Morgan fingerprint density at radius 2 is 1.20 bits per heavy atom. The van der Waals surface area contributed by atoms with E-state index in [4.69, 9.17) is 0 Å². The Morgan fingerprint density at radius 3 is 1.64 bits per heavy atom. The van der Waals surface area contributed by atoms with Crippen LogP contribution in [-0.2, 0) is 14.6 Å². The Morgan fingerprint density at radius 1 is 0.750 bits per heavy atom. The molecule has 0 atom stereocenters. The minimum Gasteiger partial charge on any atom is -0.325 e. The maximum atomic E-state index is 13.7. The normalized spacial score (nSPS) is 14.0. The van der Waals surface area contributed by atoms with Crippen molar-refractivity contribution in [1.82, 2.24) is 0 Å². The van der Waals surface area contributed by atoms with Gasteiger partial charge in [-0.1, -0.05) is 6.07 Å². The topological polar surface area (TPSA) is 106 Å². The van der Waals surface area contributed by atoms with E-state index in [9.17, 15) is 84.8 Å². The summed E-state index contributed by atoms with van der Waals surface area (Å²) in [4.78, 5) is 18.3. The van der Waals surface area contributed by atoms with Gasteiger partial charge in [0.2, 0.25) is 5.91 Å². The number of rotatable bonds is 11. The second kappa shape index (κ2) is 12.1. The Bertz CT molecular complexity index is 1530. The van der Waals surface area contributed by atoms with Gasteiger partial charge < -0.3 is 5.32 Å². The number of benzene rings is 2. The van der Waals surface area contributed by atoms with Crippen LogP contribution < -0.4 is 5.32 Å². The summed E-state index contributed by atoms with van der Waals surface area (Å²) in [5.41, 5.74) is -2.28. The highest BCUT2D eigenvalue weighted by Crippen LogP contribution is 2.55. The molecule has 7 nitrogen and oxygen atoms in total. The summed E-state index contributed by atoms with van der Waals surface area (Å²) >= 11 is -2.76. The molecule has 0 bridgehead atoms. The van der Waals surface area contributed by atoms with Crippen molar-refractivity contribution < 1.29 is 79.6 Å². The molecular formula is C20H10F14N2O5S3. The monoisotopic (exact) mass is 720 g/mol. The van der Waals surface area contributed by atoms with Crippen LogP contribution in [0.15, 0.2) is 57.2 Å². The molecule has 2 aromatic carbocycles. The number of thioether (sulfide) groups is 2. The Hall–Kier alpha value is -3.02. The van der Waals surface area contributed by atoms with E-state index in [0.29, 0.717) is 12.1 Å². The largest absolute Gasteiger partial charge is 0.460 e. The Labute approximate surface area is 243 Å². The molecule has 1 N–H and O–H groups in total. The lowest BCUT2D eigenvalue weighted by atomic mass is 10.3. The summed E-state index contributed by atoms with van der Waals surface area (Å²) in [6.07, 6.45) is -13.4. The molecule has 0 heterocycles. The summed E-state index contributed by atoms with van der Waals surface area (Å²) in [5, 5.41) is 1.38. The molecule has 0 spiro atoms. The van der Waals surface area contributed by atoms with Gasteiger partial charge in [-0.2, -0.15) is 61.5 Å². The fourth-order valence-electron chi connectivity index (χ4n) is 2.81. The van der Waals surface area contributed by atoms with E-state index in [2.05, 4.69) is 0 Å². The molecule has 246 valence electrons.